The van der Waals surface area contributed by atoms with Crippen LogP contribution in [-0.2, 0) is 14.3 Å². The van der Waals surface area contributed by atoms with Crippen LogP contribution >= 0.6 is 12.2 Å². The molecule has 0 atom stereocenters. The Labute approximate surface area is 139 Å². The highest BCUT2D eigenvalue weighted by molar-refractivity contribution is 7.80. The van der Waals surface area contributed by atoms with Crippen molar-refractivity contribution in [1.29, 1.82) is 0 Å². The zero-order chi connectivity index (χ0) is 17.2. The minimum Gasteiger partial charge on any atom is -0.466 e. The average molecular weight is 337 g/mol. The van der Waals surface area contributed by atoms with Gasteiger partial charge in [-0.1, -0.05) is 6.07 Å². The van der Waals surface area contributed by atoms with Crippen molar-refractivity contribution in [3.63, 3.8) is 0 Å². The van der Waals surface area contributed by atoms with Crippen LogP contribution in [0, 0.1) is 0 Å². The van der Waals surface area contributed by atoms with Gasteiger partial charge in [-0.3, -0.25) is 14.4 Å². The van der Waals surface area contributed by atoms with Crippen molar-refractivity contribution in [2.45, 2.75) is 19.8 Å². The topological polar surface area (TPSA) is 96.5 Å². The van der Waals surface area contributed by atoms with Gasteiger partial charge < -0.3 is 20.7 Å². The van der Waals surface area contributed by atoms with Crippen LogP contribution in [0.2, 0.25) is 0 Å². The van der Waals surface area contributed by atoms with Crippen molar-refractivity contribution in [1.82, 2.24) is 10.6 Å². The first-order valence-corrected chi connectivity index (χ1v) is 7.45. The summed E-state index contributed by atoms with van der Waals surface area (Å²) >= 11 is 5.02. The van der Waals surface area contributed by atoms with Crippen molar-refractivity contribution in [2.24, 2.45) is 0 Å². The van der Waals surface area contributed by atoms with Gasteiger partial charge in [0, 0.05) is 24.7 Å². The molecule has 0 aliphatic rings. The van der Waals surface area contributed by atoms with Gasteiger partial charge in [-0.25, -0.2) is 0 Å². The van der Waals surface area contributed by atoms with Crippen LogP contribution in [-0.4, -0.2) is 36.6 Å². The smallest absolute Gasteiger partial charge is 0.306 e. The summed E-state index contributed by atoms with van der Waals surface area (Å²) in [5.74, 6) is -1.05. The van der Waals surface area contributed by atoms with E-state index < -0.39 is 11.9 Å². The molecule has 23 heavy (non-hydrogen) atoms. The third kappa shape index (κ3) is 6.88. The van der Waals surface area contributed by atoms with Gasteiger partial charge in [0.15, 0.2) is 5.11 Å². The fourth-order valence-electron chi connectivity index (χ4n) is 1.68. The van der Waals surface area contributed by atoms with E-state index in [-0.39, 0.29) is 30.5 Å². The summed E-state index contributed by atoms with van der Waals surface area (Å²) in [5, 5.41) is 7.88. The fourth-order valence-corrected chi connectivity index (χ4v) is 1.91. The first-order chi connectivity index (χ1) is 11.0. The van der Waals surface area contributed by atoms with Gasteiger partial charge in [0.05, 0.1) is 13.0 Å². The van der Waals surface area contributed by atoms with Crippen molar-refractivity contribution in [3.8, 4) is 0 Å². The van der Waals surface area contributed by atoms with E-state index in [1.807, 2.05) is 0 Å². The molecule has 0 spiro atoms. The minimum atomic E-state index is -0.431. The number of ether oxygens (including phenoxy) is 1. The molecule has 3 N–H and O–H groups in total. The van der Waals surface area contributed by atoms with Gasteiger partial charge in [-0.15, -0.1) is 0 Å². The third-order valence-electron chi connectivity index (χ3n) is 2.72. The molecule has 2 amide bonds. The van der Waals surface area contributed by atoms with E-state index in [2.05, 4.69) is 16.0 Å². The van der Waals surface area contributed by atoms with E-state index in [4.69, 9.17) is 17.0 Å². The molecular formula is C15H19N3O4S. The molecule has 1 rings (SSSR count). The highest BCUT2D eigenvalue weighted by Crippen LogP contribution is 2.10. The molecular weight excluding hydrogens is 318 g/mol. The van der Waals surface area contributed by atoms with Gasteiger partial charge >= 0.3 is 5.97 Å². The molecule has 0 unspecified atom stereocenters. The first kappa shape index (κ1) is 18.6. The molecule has 0 fully saturated rings. The standard InChI is InChI=1S/C15H19N3O4S/c1-3-22-13(20)8-7-12(19)18-15(23)17-11-6-4-5-10(9-11)14(21)16-2/h4-6,9H,3,7-8H2,1-2H3,(H,16,21)(H2,17,18,19,23). The summed E-state index contributed by atoms with van der Waals surface area (Å²) in [6.45, 7) is 1.98. The van der Waals surface area contributed by atoms with E-state index in [1.54, 1.807) is 31.2 Å². The second-order valence-corrected chi connectivity index (χ2v) is 4.88. The molecule has 0 saturated carbocycles. The molecule has 7 nitrogen and oxygen atoms in total. The largest absolute Gasteiger partial charge is 0.466 e. The number of benzene rings is 1. The zero-order valence-electron chi connectivity index (χ0n) is 13.0. The Hall–Kier alpha value is -2.48. The van der Waals surface area contributed by atoms with Crippen LogP contribution in [0.15, 0.2) is 24.3 Å². The molecule has 0 saturated heterocycles. The molecule has 124 valence electrons. The van der Waals surface area contributed by atoms with E-state index in [0.29, 0.717) is 11.3 Å². The van der Waals surface area contributed by atoms with E-state index in [0.717, 1.165) is 0 Å². The number of amides is 2. The predicted molar refractivity (Wildman–Crippen MR) is 90.1 cm³/mol. The van der Waals surface area contributed by atoms with Gasteiger partial charge in [-0.05, 0) is 37.3 Å². The van der Waals surface area contributed by atoms with E-state index in [1.165, 1.54) is 7.05 Å². The second kappa shape index (κ2) is 9.52. The molecule has 0 bridgehead atoms. The summed E-state index contributed by atoms with van der Waals surface area (Å²) in [5.41, 5.74) is 1.04. The Balaban J connectivity index is 2.49. The van der Waals surface area contributed by atoms with Crippen molar-refractivity contribution < 1.29 is 19.1 Å². The number of hydrogen-bond acceptors (Lipinski definition) is 5. The molecule has 1 aromatic carbocycles. The summed E-state index contributed by atoms with van der Waals surface area (Å²) < 4.78 is 4.73. The average Bonchev–Trinajstić information content (AvgIpc) is 2.52. The van der Waals surface area contributed by atoms with Crippen LogP contribution in [0.1, 0.15) is 30.1 Å². The highest BCUT2D eigenvalue weighted by Gasteiger charge is 2.10. The van der Waals surface area contributed by atoms with Crippen LogP contribution in [0.3, 0.4) is 0 Å². The minimum absolute atomic E-state index is 0.00551. The monoisotopic (exact) mass is 337 g/mol. The number of rotatable bonds is 6. The van der Waals surface area contributed by atoms with Gasteiger partial charge in [0.1, 0.15) is 0 Å². The normalized spacial score (nSPS) is 9.65. The lowest BCUT2D eigenvalue weighted by atomic mass is 10.2. The lowest BCUT2D eigenvalue weighted by molar-refractivity contribution is -0.144. The van der Waals surface area contributed by atoms with Crippen molar-refractivity contribution in [3.05, 3.63) is 29.8 Å². The van der Waals surface area contributed by atoms with E-state index in [9.17, 15) is 14.4 Å². The Morgan fingerprint density at radius 2 is 1.96 bits per heavy atom. The van der Waals surface area contributed by atoms with E-state index >= 15 is 0 Å². The summed E-state index contributed by atoms with van der Waals surface area (Å²) in [6, 6.07) is 6.67. The number of thiocarbonyl (C=S) groups is 1. The number of nitrogens with one attached hydrogen (secondary N) is 3. The Morgan fingerprint density at radius 1 is 1.22 bits per heavy atom. The number of anilines is 1. The third-order valence-corrected chi connectivity index (χ3v) is 2.93. The maximum Gasteiger partial charge on any atom is 0.306 e. The van der Waals surface area contributed by atoms with Crippen molar-refractivity contribution in [2.75, 3.05) is 19.0 Å². The van der Waals surface area contributed by atoms with Crippen molar-refractivity contribution >= 4 is 40.8 Å². The molecule has 0 aromatic heterocycles. The maximum absolute atomic E-state index is 11.7. The maximum atomic E-state index is 11.7. The second-order valence-electron chi connectivity index (χ2n) is 4.47. The zero-order valence-corrected chi connectivity index (χ0v) is 13.8. The molecule has 0 aliphatic heterocycles. The Kier molecular flexibility index (Phi) is 7.69. The number of carbonyl (C=O) groups excluding carboxylic acids is 3. The molecule has 8 heteroatoms. The SMILES string of the molecule is CCOC(=O)CCC(=O)NC(=S)Nc1cccc(C(=O)NC)c1. The highest BCUT2D eigenvalue weighted by atomic mass is 32.1. The lowest BCUT2D eigenvalue weighted by Gasteiger charge is -2.10. The molecule has 0 heterocycles. The van der Waals surface area contributed by atoms with Crippen LogP contribution in [0.5, 0.6) is 0 Å². The van der Waals surface area contributed by atoms with Gasteiger partial charge in [0.25, 0.3) is 5.91 Å². The van der Waals surface area contributed by atoms with Crippen LogP contribution in [0.25, 0.3) is 0 Å². The number of hydrogen-bond donors (Lipinski definition) is 3. The number of esters is 1. The lowest BCUT2D eigenvalue weighted by Crippen LogP contribution is -2.34. The van der Waals surface area contributed by atoms with Crippen LogP contribution in [0.4, 0.5) is 5.69 Å². The Bertz CT molecular complexity index is 604. The fraction of sp³-hybridized carbons (Fsp3) is 0.333. The van der Waals surface area contributed by atoms with Crippen LogP contribution < -0.4 is 16.0 Å². The first-order valence-electron chi connectivity index (χ1n) is 7.04. The molecule has 0 aliphatic carbocycles. The van der Waals surface area contributed by atoms with Gasteiger partial charge in [-0.2, -0.15) is 0 Å². The predicted octanol–water partition coefficient (Wildman–Crippen LogP) is 1.20. The quantitative estimate of drug-likeness (QED) is 0.533. The van der Waals surface area contributed by atoms with Gasteiger partial charge in [0.2, 0.25) is 5.91 Å². The summed E-state index contributed by atoms with van der Waals surface area (Å²) in [4.78, 5) is 34.4. The molecule has 1 aromatic rings. The molecule has 0 radical (unpaired) electrons. The Morgan fingerprint density at radius 3 is 2.61 bits per heavy atom. The number of carbonyl (C=O) groups is 3. The summed E-state index contributed by atoms with van der Waals surface area (Å²) in [6.07, 6.45) is -0.0205. The summed E-state index contributed by atoms with van der Waals surface area (Å²) in [7, 11) is 1.54.